The van der Waals surface area contributed by atoms with Gasteiger partial charge in [-0.25, -0.2) is 18.5 Å². The molecular formula is C23H16Cl2N4O5S. The first-order valence-corrected chi connectivity index (χ1v) is 12.2. The van der Waals surface area contributed by atoms with Crippen LogP contribution in [0.4, 0.5) is 17.1 Å². The molecule has 1 heterocycles. The van der Waals surface area contributed by atoms with Crippen molar-refractivity contribution < 1.29 is 22.8 Å². The van der Waals surface area contributed by atoms with E-state index in [1.165, 1.54) is 54.6 Å². The van der Waals surface area contributed by atoms with E-state index in [-0.39, 0.29) is 21.3 Å². The summed E-state index contributed by atoms with van der Waals surface area (Å²) in [5, 5.41) is 10.6. The van der Waals surface area contributed by atoms with E-state index in [0.29, 0.717) is 22.0 Å². The van der Waals surface area contributed by atoms with Gasteiger partial charge in [0.15, 0.2) is 0 Å². The van der Waals surface area contributed by atoms with Gasteiger partial charge in [-0.05, 0) is 66.7 Å². The predicted octanol–water partition coefficient (Wildman–Crippen LogP) is 3.68. The highest BCUT2D eigenvalue weighted by molar-refractivity contribution is 7.89. The number of hydrogen-bond donors (Lipinski definition) is 3. The molecule has 0 aliphatic carbocycles. The van der Waals surface area contributed by atoms with Crippen molar-refractivity contribution >= 4 is 68.0 Å². The van der Waals surface area contributed by atoms with Gasteiger partial charge in [0.2, 0.25) is 10.0 Å². The first-order chi connectivity index (χ1) is 16.5. The minimum Gasteiger partial charge on any atom is -0.350 e. The normalized spacial score (nSPS) is 13.9. The summed E-state index contributed by atoms with van der Waals surface area (Å²) in [4.78, 5) is 38.8. The second kappa shape index (κ2) is 9.51. The molecule has 3 amide bonds. The molecule has 4 N–H and O–H groups in total. The Morgan fingerprint density at radius 1 is 0.857 bits per heavy atom. The summed E-state index contributed by atoms with van der Waals surface area (Å²) in [5.41, 5.74) is 1.26. The number of carbonyl (C=O) groups excluding carboxylic acids is 3. The lowest BCUT2D eigenvalue weighted by Crippen LogP contribution is -2.32. The van der Waals surface area contributed by atoms with Gasteiger partial charge < -0.3 is 10.6 Å². The summed E-state index contributed by atoms with van der Waals surface area (Å²) in [6.07, 6.45) is 0. The number of imide groups is 1. The number of benzene rings is 3. The minimum atomic E-state index is -3.83. The largest absolute Gasteiger partial charge is 0.350 e. The maximum absolute atomic E-state index is 12.9. The smallest absolute Gasteiger partial charge is 0.283 e. The van der Waals surface area contributed by atoms with E-state index in [1.54, 1.807) is 18.2 Å². The number of hydrogen-bond acceptors (Lipinski definition) is 6. The summed E-state index contributed by atoms with van der Waals surface area (Å²) in [5.74, 6) is -1.78. The van der Waals surface area contributed by atoms with Crippen molar-refractivity contribution in [3.8, 4) is 0 Å². The van der Waals surface area contributed by atoms with Crippen LogP contribution >= 0.6 is 23.2 Å². The summed E-state index contributed by atoms with van der Waals surface area (Å²) >= 11 is 12.1. The Bertz CT molecular complexity index is 1490. The van der Waals surface area contributed by atoms with Crippen molar-refractivity contribution in [1.82, 2.24) is 0 Å². The van der Waals surface area contributed by atoms with E-state index >= 15 is 0 Å². The number of carbonyl (C=O) groups is 3. The highest BCUT2D eigenvalue weighted by Gasteiger charge is 2.39. The topological polar surface area (TPSA) is 139 Å². The van der Waals surface area contributed by atoms with Crippen molar-refractivity contribution in [1.29, 1.82) is 0 Å². The molecule has 1 aliphatic rings. The quantitative estimate of drug-likeness (QED) is 0.415. The van der Waals surface area contributed by atoms with Crippen molar-refractivity contribution in [2.75, 3.05) is 15.5 Å². The van der Waals surface area contributed by atoms with Crippen LogP contribution in [0.3, 0.4) is 0 Å². The van der Waals surface area contributed by atoms with Crippen LogP contribution in [0.5, 0.6) is 0 Å². The Hall–Kier alpha value is -3.70. The first kappa shape index (κ1) is 24.4. The van der Waals surface area contributed by atoms with E-state index in [2.05, 4.69) is 10.6 Å². The SMILES string of the molecule is NS(=O)(=O)c1ccc(NC(=O)c2ccc(NC3=C(Cl)C(=O)N(c4cccc(Cl)c4)C3=O)cc2)cc1. The third kappa shape index (κ3) is 5.20. The zero-order chi connectivity index (χ0) is 25.3. The number of nitrogens with one attached hydrogen (secondary N) is 2. The number of halogens is 2. The molecule has 35 heavy (non-hydrogen) atoms. The van der Waals surface area contributed by atoms with Crippen LogP contribution in [-0.4, -0.2) is 26.1 Å². The number of rotatable bonds is 6. The highest BCUT2D eigenvalue weighted by Crippen LogP contribution is 2.31. The van der Waals surface area contributed by atoms with Crippen molar-refractivity contribution in [3.05, 3.63) is 94.1 Å². The van der Waals surface area contributed by atoms with E-state index in [1.807, 2.05) is 0 Å². The molecule has 178 valence electrons. The van der Waals surface area contributed by atoms with Gasteiger partial charge in [0.25, 0.3) is 17.7 Å². The molecule has 4 rings (SSSR count). The molecule has 3 aromatic carbocycles. The van der Waals surface area contributed by atoms with Gasteiger partial charge in [-0.2, -0.15) is 0 Å². The first-order valence-electron chi connectivity index (χ1n) is 9.90. The monoisotopic (exact) mass is 530 g/mol. The summed E-state index contributed by atoms with van der Waals surface area (Å²) < 4.78 is 22.7. The molecule has 1 aliphatic heterocycles. The fraction of sp³-hybridized carbons (Fsp3) is 0. The summed E-state index contributed by atoms with van der Waals surface area (Å²) in [6.45, 7) is 0. The van der Waals surface area contributed by atoms with Crippen LogP contribution in [0.15, 0.2) is 88.4 Å². The van der Waals surface area contributed by atoms with Gasteiger partial charge in [0.05, 0.1) is 10.6 Å². The van der Waals surface area contributed by atoms with Crippen LogP contribution in [0, 0.1) is 0 Å². The molecule has 0 bridgehead atoms. The summed E-state index contributed by atoms with van der Waals surface area (Å²) in [7, 11) is -3.83. The molecule has 0 aromatic heterocycles. The fourth-order valence-corrected chi connectivity index (χ4v) is 4.15. The van der Waals surface area contributed by atoms with Crippen LogP contribution in [-0.2, 0) is 19.6 Å². The third-order valence-corrected chi connectivity index (χ3v) is 6.47. The van der Waals surface area contributed by atoms with E-state index in [4.69, 9.17) is 28.3 Å². The van der Waals surface area contributed by atoms with E-state index in [9.17, 15) is 22.8 Å². The van der Waals surface area contributed by atoms with Crippen molar-refractivity contribution in [2.45, 2.75) is 4.90 Å². The van der Waals surface area contributed by atoms with E-state index < -0.39 is 27.7 Å². The van der Waals surface area contributed by atoms with Gasteiger partial charge in [-0.15, -0.1) is 0 Å². The van der Waals surface area contributed by atoms with Crippen LogP contribution in [0.25, 0.3) is 0 Å². The predicted molar refractivity (Wildman–Crippen MR) is 133 cm³/mol. The second-order valence-corrected chi connectivity index (χ2v) is 9.72. The molecule has 12 heteroatoms. The maximum atomic E-state index is 12.9. The lowest BCUT2D eigenvalue weighted by molar-refractivity contribution is -0.120. The Balaban J connectivity index is 1.46. The van der Waals surface area contributed by atoms with Crippen LogP contribution in [0.1, 0.15) is 10.4 Å². The molecule has 0 saturated carbocycles. The number of nitrogens with zero attached hydrogens (tertiary/aromatic N) is 1. The molecule has 0 fully saturated rings. The third-order valence-electron chi connectivity index (χ3n) is 4.95. The molecule has 9 nitrogen and oxygen atoms in total. The average Bonchev–Trinajstić information content (AvgIpc) is 3.02. The Labute approximate surface area is 210 Å². The molecule has 0 saturated heterocycles. The van der Waals surface area contributed by atoms with Gasteiger partial charge in [-0.3, -0.25) is 14.4 Å². The Morgan fingerprint density at radius 2 is 1.49 bits per heavy atom. The number of amides is 3. The van der Waals surface area contributed by atoms with Gasteiger partial charge in [-0.1, -0.05) is 29.3 Å². The Kier molecular flexibility index (Phi) is 6.64. The fourth-order valence-electron chi connectivity index (χ4n) is 3.24. The lowest BCUT2D eigenvalue weighted by Gasteiger charge is -2.15. The number of primary sulfonamides is 1. The maximum Gasteiger partial charge on any atom is 0.283 e. The standard InChI is InChI=1S/C23H16Cl2N4O5S/c24-14-2-1-3-17(12-14)29-22(31)19(25)20(23(29)32)27-15-6-4-13(5-7-15)21(30)28-16-8-10-18(11-9-16)35(26,33)34/h1-12,27H,(H,28,30)(H2,26,33,34). The molecular weight excluding hydrogens is 515 g/mol. The molecule has 3 aromatic rings. The molecule has 0 atom stereocenters. The van der Waals surface area contributed by atoms with Gasteiger partial charge in [0, 0.05) is 22.0 Å². The van der Waals surface area contributed by atoms with Gasteiger partial charge in [0.1, 0.15) is 10.7 Å². The second-order valence-electron chi connectivity index (χ2n) is 7.34. The van der Waals surface area contributed by atoms with Crippen LogP contribution in [0.2, 0.25) is 5.02 Å². The van der Waals surface area contributed by atoms with Crippen LogP contribution < -0.4 is 20.7 Å². The zero-order valence-corrected chi connectivity index (χ0v) is 20.0. The molecule has 0 unspecified atom stereocenters. The number of sulfonamides is 1. The van der Waals surface area contributed by atoms with Crippen molar-refractivity contribution in [3.63, 3.8) is 0 Å². The van der Waals surface area contributed by atoms with E-state index in [0.717, 1.165) is 4.90 Å². The number of anilines is 3. The van der Waals surface area contributed by atoms with Crippen molar-refractivity contribution in [2.24, 2.45) is 5.14 Å². The number of nitrogens with two attached hydrogens (primary N) is 1. The molecule has 0 spiro atoms. The summed E-state index contributed by atoms with van der Waals surface area (Å²) in [6, 6.07) is 17.7. The zero-order valence-electron chi connectivity index (χ0n) is 17.7. The Morgan fingerprint density at radius 3 is 2.09 bits per heavy atom. The highest BCUT2D eigenvalue weighted by atomic mass is 35.5. The molecule has 0 radical (unpaired) electrons. The average molecular weight is 531 g/mol. The van der Waals surface area contributed by atoms with Gasteiger partial charge >= 0.3 is 0 Å². The minimum absolute atomic E-state index is 0.0761. The lowest BCUT2D eigenvalue weighted by atomic mass is 10.2.